The van der Waals surface area contributed by atoms with E-state index in [0.29, 0.717) is 0 Å². The fraction of sp³-hybridized carbons (Fsp3) is 0.944. The maximum Gasteiger partial charge on any atom is 3.00 e. The van der Waals surface area contributed by atoms with E-state index >= 15 is 0 Å². The second-order valence-electron chi connectivity index (χ2n) is 30.4. The van der Waals surface area contributed by atoms with Gasteiger partial charge in [-0.05, 0) is 64.2 Å². The number of rotatable bonds is 80. The number of hydrogen-bond donors (Lipinski definition) is 0. The van der Waals surface area contributed by atoms with E-state index < -0.39 is 29.8 Å². The first-order chi connectivity index (χ1) is 48.9. The first-order valence-electron chi connectivity index (χ1n) is 44.8. The molecule has 0 aliphatic heterocycles. The van der Waals surface area contributed by atoms with Gasteiger partial charge in [-0.3, -0.25) is 0 Å². The van der Waals surface area contributed by atoms with Crippen molar-refractivity contribution < 1.29 is 123 Å². The third kappa shape index (κ3) is 144. The van der Waals surface area contributed by atoms with Gasteiger partial charge in [0.1, 0.15) is 0 Å². The van der Waals surface area contributed by atoms with Crippen LogP contribution in [0.2, 0.25) is 0 Å². The summed E-state index contributed by atoms with van der Waals surface area (Å²) < 4.78 is 0. The molecular weight excluding hydrogens is 1480 g/mol. The van der Waals surface area contributed by atoms with Crippen LogP contribution in [0.4, 0.5) is 0 Å². The van der Waals surface area contributed by atoms with Crippen molar-refractivity contribution in [2.45, 2.75) is 548 Å². The Bertz CT molecular complexity index is 1290. The van der Waals surface area contributed by atoms with Crippen LogP contribution in [-0.2, 0) is 97.1 Å². The molecule has 0 aromatic heterocycles. The number of carboxylic acid groups (broad SMARTS) is 5. The molecule has 2 radical (unpaired) electrons. The molecular formula is C90H175Fe2O10Zn2+5. The largest absolute Gasteiger partial charge is 3.00 e. The Kier molecular flexibility index (Phi) is 139. The van der Waals surface area contributed by atoms with Crippen molar-refractivity contribution in [2.75, 3.05) is 0 Å². The minimum atomic E-state index is -0.903. The van der Waals surface area contributed by atoms with E-state index in [-0.39, 0.29) is 105 Å². The number of unbranched alkanes of at least 4 members (excludes halogenated alkanes) is 70. The number of hydrogen-bond acceptors (Lipinski definition) is 10. The van der Waals surface area contributed by atoms with E-state index in [2.05, 4.69) is 34.6 Å². The predicted octanol–water partition coefficient (Wildman–Crippen LogP) is 25.0. The Balaban J connectivity index is -0.000000153. The van der Waals surface area contributed by atoms with Gasteiger partial charge in [-0.2, -0.15) is 0 Å². The maximum atomic E-state index is 10.2. The third-order valence-electron chi connectivity index (χ3n) is 19.9. The van der Waals surface area contributed by atoms with E-state index in [9.17, 15) is 49.5 Å². The van der Waals surface area contributed by atoms with E-state index in [1.807, 2.05) is 0 Å². The molecule has 0 rings (SSSR count). The van der Waals surface area contributed by atoms with Crippen LogP contribution in [0.5, 0.6) is 0 Å². The van der Waals surface area contributed by atoms with E-state index in [4.69, 9.17) is 0 Å². The van der Waals surface area contributed by atoms with Crippen molar-refractivity contribution >= 4 is 29.8 Å². The minimum absolute atomic E-state index is 0. The molecule has 610 valence electrons. The summed E-state index contributed by atoms with van der Waals surface area (Å²) in [6.07, 6.45) is 99.3. The molecule has 14 heteroatoms. The first-order valence-corrected chi connectivity index (χ1v) is 44.8. The average Bonchev–Trinajstić information content (AvgIpc) is 3.69. The summed E-state index contributed by atoms with van der Waals surface area (Å²) in [5.74, 6) is -4.52. The number of carboxylic acids is 5. The molecule has 0 aliphatic carbocycles. The molecule has 0 bridgehead atoms. The third-order valence-corrected chi connectivity index (χ3v) is 19.9. The molecule has 0 N–H and O–H groups in total. The molecule has 10 nitrogen and oxygen atoms in total. The summed E-state index contributed by atoms with van der Waals surface area (Å²) in [5, 5.41) is 51.1. The van der Waals surface area contributed by atoms with Gasteiger partial charge in [-0.25, -0.2) is 0 Å². The molecule has 0 aromatic rings. The number of carbonyl (C=O) groups is 5. The zero-order valence-electron chi connectivity index (χ0n) is 70.3. The summed E-state index contributed by atoms with van der Waals surface area (Å²) in [6, 6.07) is 0. The van der Waals surface area contributed by atoms with Crippen LogP contribution in [-0.4, -0.2) is 29.8 Å². The number of carbonyl (C=O) groups excluding carboxylic acids is 5. The van der Waals surface area contributed by atoms with Gasteiger partial charge in [0.25, 0.3) is 0 Å². The number of aliphatic carboxylic acids is 5. The van der Waals surface area contributed by atoms with Gasteiger partial charge in [-0.15, -0.1) is 0 Å². The smallest absolute Gasteiger partial charge is 0.550 e. The fourth-order valence-electron chi connectivity index (χ4n) is 13.2. The van der Waals surface area contributed by atoms with Crippen LogP contribution in [0.15, 0.2) is 0 Å². The van der Waals surface area contributed by atoms with Crippen molar-refractivity contribution in [1.82, 2.24) is 0 Å². The van der Waals surface area contributed by atoms with Crippen molar-refractivity contribution in [3.63, 3.8) is 0 Å². The van der Waals surface area contributed by atoms with Gasteiger partial charge in [0.15, 0.2) is 0 Å². The van der Waals surface area contributed by atoms with Crippen LogP contribution in [0.25, 0.3) is 0 Å². The first kappa shape index (κ1) is 122. The standard InChI is InChI=1S/5C18H36O2.2Fe.2Zn/c5*1-2-3-4-5-6-7-8-9-10-11-12-13-14-15-16-17-18(19)20;;;;/h5*2-17H2,1H3,(H,19,20);;;;/q;;;;;2*+3;2*+2/p-5. The Hall–Kier alpha value is -0.364. The molecule has 0 saturated heterocycles. The van der Waals surface area contributed by atoms with Crippen molar-refractivity contribution in [2.24, 2.45) is 0 Å². The molecule has 0 amide bonds. The SMILES string of the molecule is CCCCCCCCCCCCCCCCCC(=O)[O-].CCCCCCCCCCCCCCCCCC(=O)[O-].CCCCCCCCCCCCCCCCCC(=O)[O-].CCCCCCCCCCCCCCCCCC(=O)[O-].CCCCCCCCCCCCCCCCCC(=O)[O-].[Fe+3].[Fe+3].[Zn+2].[Zn+2]. The minimum Gasteiger partial charge on any atom is -0.550 e. The van der Waals surface area contributed by atoms with Gasteiger partial charge in [0, 0.05) is 29.8 Å². The van der Waals surface area contributed by atoms with Gasteiger partial charge >= 0.3 is 73.1 Å². The molecule has 0 fully saturated rings. The Labute approximate surface area is 695 Å². The summed E-state index contributed by atoms with van der Waals surface area (Å²) in [7, 11) is 0. The van der Waals surface area contributed by atoms with Crippen LogP contribution in [0, 0.1) is 0 Å². The van der Waals surface area contributed by atoms with Crippen LogP contribution in [0.1, 0.15) is 548 Å². The summed E-state index contributed by atoms with van der Waals surface area (Å²) in [6.45, 7) is 11.3. The molecule has 0 aliphatic rings. The maximum absolute atomic E-state index is 10.2. The van der Waals surface area contributed by atoms with Crippen LogP contribution < -0.4 is 25.5 Å². The molecule has 0 heterocycles. The molecule has 104 heavy (non-hydrogen) atoms. The Morgan fingerprint density at radius 2 is 0.192 bits per heavy atom. The summed E-state index contributed by atoms with van der Waals surface area (Å²) in [5.41, 5.74) is 0. The quantitative estimate of drug-likeness (QED) is 0.0417. The molecule has 0 saturated carbocycles. The summed E-state index contributed by atoms with van der Waals surface area (Å²) >= 11 is 0. The van der Waals surface area contributed by atoms with Crippen molar-refractivity contribution in [1.29, 1.82) is 0 Å². The average molecular weight is 1660 g/mol. The van der Waals surface area contributed by atoms with E-state index in [0.717, 1.165) is 64.2 Å². The van der Waals surface area contributed by atoms with Gasteiger partial charge in [-0.1, -0.05) is 484 Å². The Morgan fingerprint density at radius 1 is 0.135 bits per heavy atom. The van der Waals surface area contributed by atoms with Gasteiger partial charge < -0.3 is 49.5 Å². The normalized spacial score (nSPS) is 10.4. The topological polar surface area (TPSA) is 201 Å². The monoisotopic (exact) mass is 1660 g/mol. The van der Waals surface area contributed by atoms with Crippen LogP contribution in [0.3, 0.4) is 0 Å². The molecule has 0 spiro atoms. The molecule has 0 aromatic carbocycles. The van der Waals surface area contributed by atoms with E-state index in [1.54, 1.807) is 0 Å². The second-order valence-corrected chi connectivity index (χ2v) is 30.4. The Morgan fingerprint density at radius 3 is 0.250 bits per heavy atom. The van der Waals surface area contributed by atoms with Crippen molar-refractivity contribution in [3.8, 4) is 0 Å². The van der Waals surface area contributed by atoms with Crippen LogP contribution >= 0.6 is 0 Å². The summed E-state index contributed by atoms with van der Waals surface area (Å²) in [4.78, 5) is 51.1. The zero-order chi connectivity index (χ0) is 74.5. The van der Waals surface area contributed by atoms with Gasteiger partial charge in [0.2, 0.25) is 0 Å². The molecule has 0 unspecified atom stereocenters. The zero-order valence-corrected chi connectivity index (χ0v) is 78.4. The van der Waals surface area contributed by atoms with Crippen molar-refractivity contribution in [3.05, 3.63) is 0 Å². The molecule has 0 atom stereocenters. The predicted molar refractivity (Wildman–Crippen MR) is 423 cm³/mol. The van der Waals surface area contributed by atoms with E-state index in [1.165, 1.54) is 417 Å². The second kappa shape index (κ2) is 118. The van der Waals surface area contributed by atoms with Gasteiger partial charge in [0.05, 0.1) is 0 Å². The fourth-order valence-corrected chi connectivity index (χ4v) is 13.2.